The van der Waals surface area contributed by atoms with Crippen LogP contribution in [-0.2, 0) is 16.6 Å². The Morgan fingerprint density at radius 1 is 1.06 bits per heavy atom. The third kappa shape index (κ3) is 4.49. The number of nitrogens with zero attached hydrogens (tertiary/aromatic N) is 2. The molecule has 2 aliphatic rings. The van der Waals surface area contributed by atoms with Crippen LogP contribution in [0.15, 0.2) is 54.7 Å². The van der Waals surface area contributed by atoms with Gasteiger partial charge in [-0.2, -0.15) is 5.10 Å². The number of hydrogen-bond donors (Lipinski definition) is 3. The van der Waals surface area contributed by atoms with Crippen molar-refractivity contribution in [1.82, 2.24) is 15.1 Å². The lowest BCUT2D eigenvalue weighted by molar-refractivity contribution is -0.119. The van der Waals surface area contributed by atoms with E-state index in [2.05, 4.69) is 40.0 Å². The summed E-state index contributed by atoms with van der Waals surface area (Å²) < 4.78 is 6.95. The maximum atomic E-state index is 12.7. The van der Waals surface area contributed by atoms with Crippen LogP contribution in [0.3, 0.4) is 0 Å². The highest BCUT2D eigenvalue weighted by molar-refractivity contribution is 6.00. The monoisotopic (exact) mass is 474 g/mol. The van der Waals surface area contributed by atoms with Crippen molar-refractivity contribution in [2.24, 2.45) is 13.0 Å². The number of hydrogen-bond acceptors (Lipinski definition) is 5. The van der Waals surface area contributed by atoms with Crippen molar-refractivity contribution >= 4 is 23.8 Å². The van der Waals surface area contributed by atoms with Gasteiger partial charge in [0, 0.05) is 31.1 Å². The summed E-state index contributed by atoms with van der Waals surface area (Å²) in [6, 6.07) is 16.1. The molecule has 0 spiro atoms. The molecule has 3 N–H and O–H groups in total. The normalized spacial score (nSPS) is 18.5. The van der Waals surface area contributed by atoms with Gasteiger partial charge in [0.05, 0.1) is 0 Å². The van der Waals surface area contributed by atoms with E-state index in [4.69, 9.17) is 4.74 Å². The summed E-state index contributed by atoms with van der Waals surface area (Å²) in [7, 11) is 1.59. The molecule has 2 amide bonds. The van der Waals surface area contributed by atoms with Crippen molar-refractivity contribution in [3.05, 3.63) is 71.4 Å². The van der Waals surface area contributed by atoms with Crippen molar-refractivity contribution in [3.63, 3.8) is 0 Å². The smallest absolute Gasteiger partial charge is 0.407 e. The van der Waals surface area contributed by atoms with Crippen LogP contribution in [0, 0.1) is 5.92 Å². The summed E-state index contributed by atoms with van der Waals surface area (Å²) in [5.41, 5.74) is 4.57. The number of carboxylic acid groups (broad SMARTS) is 1. The predicted octanol–water partition coefficient (Wildman–Crippen LogP) is 3.76. The topological polar surface area (TPSA) is 123 Å². The molecule has 1 fully saturated rings. The van der Waals surface area contributed by atoms with E-state index < -0.39 is 12.1 Å². The van der Waals surface area contributed by atoms with Gasteiger partial charge < -0.3 is 20.5 Å². The molecule has 1 aromatic heterocycles. The zero-order valence-corrected chi connectivity index (χ0v) is 19.2. The Kier molecular flexibility index (Phi) is 5.98. The lowest BCUT2D eigenvalue weighted by atomic mass is 9.98. The molecule has 5 rings (SSSR count). The van der Waals surface area contributed by atoms with Gasteiger partial charge >= 0.3 is 12.1 Å². The number of benzene rings is 2. The second-order valence-electron chi connectivity index (χ2n) is 9.04. The standard InChI is InChI=1S/C26H26N4O5/c1-30-13-21(25(32)33)23(29-30)28-24(31)15-10-11-16(12-15)27-26(34)35-14-22-19-8-4-2-6-17(19)18-7-3-5-9-20(18)22/h2-9,13,15-16,22H,10-12,14H2,1H3,(H,27,34)(H,32,33)(H,28,29,31)/t15-,16+/m1/s1. The van der Waals surface area contributed by atoms with E-state index in [-0.39, 0.29) is 41.8 Å². The SMILES string of the molecule is Cn1cc(C(=O)O)c(NC(=O)[C@@H]2CC[C@H](NC(=O)OCC3c4ccccc4-c4ccccc43)C2)n1. The fraction of sp³-hybridized carbons (Fsp3) is 0.308. The summed E-state index contributed by atoms with van der Waals surface area (Å²) in [6.07, 6.45) is 2.50. The quantitative estimate of drug-likeness (QED) is 0.500. The number of alkyl carbamates (subject to hydrolysis) is 1. The minimum atomic E-state index is -1.16. The molecule has 9 nitrogen and oxygen atoms in total. The summed E-state index contributed by atoms with van der Waals surface area (Å²) in [5.74, 6) is -1.80. The number of amides is 2. The van der Waals surface area contributed by atoms with E-state index >= 15 is 0 Å². The number of ether oxygens (including phenoxy) is 1. The number of carbonyl (C=O) groups is 3. The molecule has 3 aromatic rings. The number of carbonyl (C=O) groups excluding carboxylic acids is 2. The summed E-state index contributed by atoms with van der Waals surface area (Å²) in [4.78, 5) is 36.6. The van der Waals surface area contributed by atoms with E-state index in [1.807, 2.05) is 24.3 Å². The van der Waals surface area contributed by atoms with Crippen molar-refractivity contribution in [2.45, 2.75) is 31.2 Å². The number of nitrogens with one attached hydrogen (secondary N) is 2. The number of fused-ring (bicyclic) bond motifs is 3. The molecule has 2 atom stereocenters. The number of rotatable bonds is 6. The van der Waals surface area contributed by atoms with Gasteiger partial charge in [0.15, 0.2) is 5.82 Å². The molecule has 0 radical (unpaired) electrons. The van der Waals surface area contributed by atoms with Gasteiger partial charge in [0.1, 0.15) is 12.2 Å². The number of carboxylic acids is 1. The first kappa shape index (κ1) is 22.6. The van der Waals surface area contributed by atoms with Gasteiger partial charge in [-0.05, 0) is 41.5 Å². The number of aryl methyl sites for hydroxylation is 1. The van der Waals surface area contributed by atoms with Gasteiger partial charge in [0.2, 0.25) is 5.91 Å². The molecule has 2 aromatic carbocycles. The zero-order chi connectivity index (χ0) is 24.5. The first-order valence-corrected chi connectivity index (χ1v) is 11.6. The third-order valence-electron chi connectivity index (χ3n) is 6.77. The molecule has 2 aliphatic carbocycles. The second-order valence-corrected chi connectivity index (χ2v) is 9.04. The van der Waals surface area contributed by atoms with Crippen LogP contribution in [0.25, 0.3) is 11.1 Å². The Balaban J connectivity index is 1.15. The first-order valence-electron chi connectivity index (χ1n) is 11.6. The van der Waals surface area contributed by atoms with Gasteiger partial charge in [-0.3, -0.25) is 9.48 Å². The van der Waals surface area contributed by atoms with Crippen LogP contribution >= 0.6 is 0 Å². The Bertz CT molecular complexity index is 1250. The van der Waals surface area contributed by atoms with Crippen LogP contribution in [0.5, 0.6) is 0 Å². The molecule has 0 unspecified atom stereocenters. The maximum absolute atomic E-state index is 12.7. The van der Waals surface area contributed by atoms with Gasteiger partial charge in [0.25, 0.3) is 0 Å². The maximum Gasteiger partial charge on any atom is 0.407 e. The van der Waals surface area contributed by atoms with Crippen molar-refractivity contribution in [1.29, 1.82) is 0 Å². The van der Waals surface area contributed by atoms with Crippen molar-refractivity contribution < 1.29 is 24.2 Å². The Morgan fingerprint density at radius 2 is 1.71 bits per heavy atom. The summed E-state index contributed by atoms with van der Waals surface area (Å²) >= 11 is 0. The Labute approximate surface area is 202 Å². The lowest BCUT2D eigenvalue weighted by Crippen LogP contribution is -2.35. The second kappa shape index (κ2) is 9.25. The minimum absolute atomic E-state index is 0.0166. The van der Waals surface area contributed by atoms with Crippen molar-refractivity contribution in [3.8, 4) is 11.1 Å². The van der Waals surface area contributed by atoms with Gasteiger partial charge in [-0.1, -0.05) is 48.5 Å². The number of aromatic carboxylic acids is 1. The van der Waals surface area contributed by atoms with E-state index in [1.165, 1.54) is 22.0 Å². The molecule has 0 saturated heterocycles. The van der Waals surface area contributed by atoms with Crippen LogP contribution in [-0.4, -0.2) is 45.5 Å². The van der Waals surface area contributed by atoms with Gasteiger partial charge in [-0.15, -0.1) is 0 Å². The van der Waals surface area contributed by atoms with Crippen LogP contribution in [0.2, 0.25) is 0 Å². The highest BCUT2D eigenvalue weighted by Crippen LogP contribution is 2.44. The number of anilines is 1. The first-order chi connectivity index (χ1) is 16.9. The average molecular weight is 475 g/mol. The van der Waals surface area contributed by atoms with Crippen LogP contribution in [0.1, 0.15) is 46.7 Å². The van der Waals surface area contributed by atoms with Crippen LogP contribution in [0.4, 0.5) is 10.6 Å². The largest absolute Gasteiger partial charge is 0.477 e. The molecular weight excluding hydrogens is 448 g/mol. The number of aromatic nitrogens is 2. The molecule has 1 heterocycles. The minimum Gasteiger partial charge on any atom is -0.477 e. The molecule has 0 aliphatic heterocycles. The molecule has 180 valence electrons. The Hall–Kier alpha value is -4.14. The van der Waals surface area contributed by atoms with E-state index in [0.717, 1.165) is 11.1 Å². The van der Waals surface area contributed by atoms with Crippen molar-refractivity contribution in [2.75, 3.05) is 11.9 Å². The molecule has 0 bridgehead atoms. The van der Waals surface area contributed by atoms with Crippen LogP contribution < -0.4 is 10.6 Å². The fourth-order valence-electron chi connectivity index (χ4n) is 5.11. The molecule has 1 saturated carbocycles. The Morgan fingerprint density at radius 3 is 2.37 bits per heavy atom. The molecule has 9 heteroatoms. The van der Waals surface area contributed by atoms with E-state index in [1.54, 1.807) is 7.05 Å². The lowest BCUT2D eigenvalue weighted by Gasteiger charge is -2.17. The summed E-state index contributed by atoms with van der Waals surface area (Å²) in [5, 5.41) is 18.8. The average Bonchev–Trinajstić information content (AvgIpc) is 3.54. The zero-order valence-electron chi connectivity index (χ0n) is 19.2. The fourth-order valence-corrected chi connectivity index (χ4v) is 5.11. The van der Waals surface area contributed by atoms with E-state index in [9.17, 15) is 19.5 Å². The molecular formula is C26H26N4O5. The third-order valence-corrected chi connectivity index (χ3v) is 6.77. The molecule has 35 heavy (non-hydrogen) atoms. The predicted molar refractivity (Wildman–Crippen MR) is 128 cm³/mol. The van der Waals surface area contributed by atoms with E-state index in [0.29, 0.717) is 19.3 Å². The van der Waals surface area contributed by atoms with Gasteiger partial charge in [-0.25, -0.2) is 9.59 Å². The highest BCUT2D eigenvalue weighted by Gasteiger charge is 2.33. The summed E-state index contributed by atoms with van der Waals surface area (Å²) in [6.45, 7) is 0.230. The highest BCUT2D eigenvalue weighted by atomic mass is 16.5.